The molecular formula is C26H34N6O4S. The molecule has 0 saturated heterocycles. The fraction of sp³-hybridized carbons (Fsp3) is 0.615. The number of fused-ring (bicyclic) bond motifs is 1. The van der Waals surface area contributed by atoms with Gasteiger partial charge in [-0.15, -0.1) is 11.3 Å². The van der Waals surface area contributed by atoms with E-state index in [1.54, 1.807) is 18.4 Å². The van der Waals surface area contributed by atoms with Gasteiger partial charge in [0.05, 0.1) is 39.9 Å². The fourth-order valence-corrected chi connectivity index (χ4v) is 6.61. The molecular weight excluding hydrogens is 492 g/mol. The van der Waals surface area contributed by atoms with Crippen molar-refractivity contribution in [1.82, 2.24) is 19.9 Å². The Morgan fingerprint density at radius 3 is 2.62 bits per heavy atom. The minimum absolute atomic E-state index is 0.183. The molecule has 3 aromatic heterocycles. The van der Waals surface area contributed by atoms with E-state index < -0.39 is 24.2 Å². The number of aliphatic hydroxyl groups is 3. The summed E-state index contributed by atoms with van der Waals surface area (Å²) in [6, 6.07) is 1.54. The summed E-state index contributed by atoms with van der Waals surface area (Å²) in [5.74, 6) is 1.68. The van der Waals surface area contributed by atoms with Crippen LogP contribution >= 0.6 is 11.3 Å². The van der Waals surface area contributed by atoms with E-state index in [1.165, 1.54) is 0 Å². The first-order valence-electron chi connectivity index (χ1n) is 13.1. The number of thiazole rings is 1. The summed E-state index contributed by atoms with van der Waals surface area (Å²) in [6.07, 6.45) is 4.94. The Morgan fingerprint density at radius 1 is 1.11 bits per heavy atom. The molecule has 3 saturated carbocycles. The molecule has 11 heteroatoms. The SMILES string of the molecule is COC1CC(CNc2nc(C)c(-c3nc4c(C5CC5)nccc4s3)c(N[C@@H]3C[C@H](CO)[C@@H](O)[C@H]3O)n2)C1. The van der Waals surface area contributed by atoms with Crippen LogP contribution in [0.5, 0.6) is 0 Å². The maximum atomic E-state index is 10.7. The lowest BCUT2D eigenvalue weighted by molar-refractivity contribution is 0.00444. The van der Waals surface area contributed by atoms with E-state index in [9.17, 15) is 15.3 Å². The molecule has 0 aromatic carbocycles. The number of aliphatic hydroxyl groups excluding tert-OH is 3. The van der Waals surface area contributed by atoms with Crippen LogP contribution in [0.25, 0.3) is 20.8 Å². The average Bonchev–Trinajstić information content (AvgIpc) is 3.56. The fourth-order valence-electron chi connectivity index (χ4n) is 5.54. The molecule has 0 spiro atoms. The minimum Gasteiger partial charge on any atom is -0.396 e. The molecule has 10 nitrogen and oxygen atoms in total. The van der Waals surface area contributed by atoms with E-state index in [0.29, 0.717) is 36.1 Å². The monoisotopic (exact) mass is 526 g/mol. The predicted octanol–water partition coefficient (Wildman–Crippen LogP) is 2.69. The summed E-state index contributed by atoms with van der Waals surface area (Å²) < 4.78 is 6.47. The Labute approximate surface area is 219 Å². The van der Waals surface area contributed by atoms with Crippen LogP contribution in [0, 0.1) is 18.8 Å². The number of aromatic nitrogens is 4. The van der Waals surface area contributed by atoms with Gasteiger partial charge in [0.1, 0.15) is 22.4 Å². The van der Waals surface area contributed by atoms with Gasteiger partial charge in [0.2, 0.25) is 5.95 Å². The van der Waals surface area contributed by atoms with Crippen LogP contribution in [0.2, 0.25) is 0 Å². The summed E-state index contributed by atoms with van der Waals surface area (Å²) in [5.41, 5.74) is 3.55. The van der Waals surface area contributed by atoms with Gasteiger partial charge in [-0.3, -0.25) is 4.98 Å². The van der Waals surface area contributed by atoms with Gasteiger partial charge in [0.15, 0.2) is 0 Å². The van der Waals surface area contributed by atoms with Gasteiger partial charge in [-0.05, 0) is 51.0 Å². The first-order valence-corrected chi connectivity index (χ1v) is 13.9. The third-order valence-corrected chi connectivity index (χ3v) is 9.07. The van der Waals surface area contributed by atoms with Crippen molar-refractivity contribution >= 4 is 33.3 Å². The topological polar surface area (TPSA) is 146 Å². The average molecular weight is 527 g/mol. The molecule has 3 aromatic rings. The number of nitrogens with zero attached hydrogens (tertiary/aromatic N) is 4. The smallest absolute Gasteiger partial charge is 0.224 e. The molecule has 3 fully saturated rings. The van der Waals surface area contributed by atoms with E-state index in [1.807, 2.05) is 19.2 Å². The number of pyridine rings is 1. The molecule has 6 rings (SSSR count). The van der Waals surface area contributed by atoms with Gasteiger partial charge in [-0.2, -0.15) is 4.98 Å². The van der Waals surface area contributed by atoms with E-state index in [0.717, 1.165) is 64.4 Å². The third kappa shape index (κ3) is 4.79. The lowest BCUT2D eigenvalue weighted by Crippen LogP contribution is -2.36. The van der Waals surface area contributed by atoms with E-state index in [2.05, 4.69) is 15.6 Å². The van der Waals surface area contributed by atoms with Gasteiger partial charge in [-0.1, -0.05) is 0 Å². The van der Waals surface area contributed by atoms with Crippen LogP contribution in [0.15, 0.2) is 12.3 Å². The van der Waals surface area contributed by atoms with Crippen LogP contribution in [-0.4, -0.2) is 79.9 Å². The van der Waals surface area contributed by atoms with Gasteiger partial charge in [-0.25, -0.2) is 9.97 Å². The second-order valence-corrected chi connectivity index (χ2v) is 11.7. The Hall–Kier alpha value is -2.44. The number of hydrogen-bond acceptors (Lipinski definition) is 11. The van der Waals surface area contributed by atoms with Crippen LogP contribution in [0.3, 0.4) is 0 Å². The first kappa shape index (κ1) is 24.9. The lowest BCUT2D eigenvalue weighted by atomic mass is 9.82. The van der Waals surface area contributed by atoms with Crippen molar-refractivity contribution in [2.24, 2.45) is 11.8 Å². The number of rotatable bonds is 9. The number of anilines is 2. The van der Waals surface area contributed by atoms with Gasteiger partial charge in [0, 0.05) is 38.3 Å². The number of methoxy groups -OCH3 is 1. The molecule has 0 unspecified atom stereocenters. The molecule has 4 atom stereocenters. The lowest BCUT2D eigenvalue weighted by Gasteiger charge is -2.34. The summed E-state index contributed by atoms with van der Waals surface area (Å²) in [6.45, 7) is 2.52. The second kappa shape index (κ2) is 10.0. The highest BCUT2D eigenvalue weighted by Gasteiger charge is 2.42. The van der Waals surface area contributed by atoms with Crippen molar-refractivity contribution in [3.8, 4) is 10.6 Å². The minimum atomic E-state index is -1.02. The predicted molar refractivity (Wildman–Crippen MR) is 142 cm³/mol. The quantitative estimate of drug-likeness (QED) is 0.282. The number of hydrogen-bond donors (Lipinski definition) is 5. The highest BCUT2D eigenvalue weighted by molar-refractivity contribution is 7.21. The van der Waals surface area contributed by atoms with Crippen molar-refractivity contribution in [3.05, 3.63) is 23.7 Å². The summed E-state index contributed by atoms with van der Waals surface area (Å²) >= 11 is 1.58. The molecule has 0 amide bonds. The van der Waals surface area contributed by atoms with Crippen molar-refractivity contribution < 1.29 is 20.1 Å². The van der Waals surface area contributed by atoms with Crippen LogP contribution in [-0.2, 0) is 4.74 Å². The maximum absolute atomic E-state index is 10.7. The van der Waals surface area contributed by atoms with Crippen LogP contribution in [0.4, 0.5) is 11.8 Å². The molecule has 37 heavy (non-hydrogen) atoms. The number of aryl methyl sites for hydroxylation is 1. The zero-order valence-corrected chi connectivity index (χ0v) is 21.9. The van der Waals surface area contributed by atoms with E-state index in [-0.39, 0.29) is 6.61 Å². The van der Waals surface area contributed by atoms with Gasteiger partial charge in [0.25, 0.3) is 0 Å². The van der Waals surface area contributed by atoms with Crippen molar-refractivity contribution in [2.75, 3.05) is 30.9 Å². The molecule has 5 N–H and O–H groups in total. The Balaban J connectivity index is 1.34. The number of nitrogens with one attached hydrogen (secondary N) is 2. The largest absolute Gasteiger partial charge is 0.396 e. The standard InChI is InChI=1S/C26H34N6O4S/c1-12-19(25-31-21-18(37-25)5-6-27-20(21)14-3-4-14)24(30-17-9-15(11-33)22(34)23(17)35)32-26(29-12)28-10-13-7-16(8-13)36-2/h5-6,13-17,22-23,33-35H,3-4,7-11H2,1-2H3,(H2,28,29,30,32)/t13?,15-,16?,17-,22-,23+/m1/s1. The Morgan fingerprint density at radius 2 is 1.92 bits per heavy atom. The Bertz CT molecular complexity index is 1280. The molecule has 3 aliphatic carbocycles. The van der Waals surface area contributed by atoms with Crippen LogP contribution < -0.4 is 10.6 Å². The van der Waals surface area contributed by atoms with Gasteiger partial charge >= 0.3 is 0 Å². The first-order chi connectivity index (χ1) is 17.9. The van der Waals surface area contributed by atoms with Crippen molar-refractivity contribution in [2.45, 2.75) is 69.3 Å². The summed E-state index contributed by atoms with van der Waals surface area (Å²) in [4.78, 5) is 19.2. The van der Waals surface area contributed by atoms with E-state index in [4.69, 9.17) is 19.7 Å². The zero-order chi connectivity index (χ0) is 25.7. The number of ether oxygens (including phenoxy) is 1. The van der Waals surface area contributed by atoms with Crippen molar-refractivity contribution in [3.63, 3.8) is 0 Å². The third-order valence-electron chi connectivity index (χ3n) is 8.04. The molecule has 3 aliphatic rings. The van der Waals surface area contributed by atoms with Crippen molar-refractivity contribution in [1.29, 1.82) is 0 Å². The summed E-state index contributed by atoms with van der Waals surface area (Å²) in [5, 5.41) is 38.3. The highest BCUT2D eigenvalue weighted by Crippen LogP contribution is 2.44. The van der Waals surface area contributed by atoms with Crippen LogP contribution in [0.1, 0.15) is 49.4 Å². The maximum Gasteiger partial charge on any atom is 0.224 e. The highest BCUT2D eigenvalue weighted by atomic mass is 32.1. The molecule has 0 aliphatic heterocycles. The molecule has 198 valence electrons. The second-order valence-electron chi connectivity index (χ2n) is 10.7. The van der Waals surface area contributed by atoms with E-state index >= 15 is 0 Å². The zero-order valence-electron chi connectivity index (χ0n) is 21.1. The molecule has 0 radical (unpaired) electrons. The molecule has 3 heterocycles. The Kier molecular flexibility index (Phi) is 6.74. The normalized spacial score (nSPS) is 29.4. The summed E-state index contributed by atoms with van der Waals surface area (Å²) in [7, 11) is 1.75. The van der Waals surface area contributed by atoms with Gasteiger partial charge < -0.3 is 30.7 Å². The molecule has 0 bridgehead atoms.